The van der Waals surface area contributed by atoms with Gasteiger partial charge in [0.25, 0.3) is 0 Å². The first-order valence-corrected chi connectivity index (χ1v) is 7.90. The summed E-state index contributed by atoms with van der Waals surface area (Å²) in [5.41, 5.74) is 0.0241. The molecule has 0 unspecified atom stereocenters. The van der Waals surface area contributed by atoms with Gasteiger partial charge in [-0.2, -0.15) is 11.8 Å². The van der Waals surface area contributed by atoms with Crippen LogP contribution in [0.5, 0.6) is 0 Å². The van der Waals surface area contributed by atoms with Gasteiger partial charge in [-0.15, -0.1) is 0 Å². The first-order chi connectivity index (χ1) is 9.65. The Balaban J connectivity index is 1.66. The van der Waals surface area contributed by atoms with Crippen LogP contribution in [0, 0.1) is 5.92 Å². The molecule has 2 rings (SSSR count). The number of nitrogens with zero attached hydrogens (tertiary/aromatic N) is 2. The highest BCUT2D eigenvalue weighted by atomic mass is 32.2. The number of nitrogens with one attached hydrogen (secondary N) is 1. The fraction of sp³-hybridized carbons (Fsp3) is 0.615. The number of carboxylic acid groups (broad SMARTS) is 1. The largest absolute Gasteiger partial charge is 0.476 e. The first kappa shape index (κ1) is 14.9. The zero-order valence-corrected chi connectivity index (χ0v) is 12.1. The number of rotatable bonds is 6. The zero-order chi connectivity index (χ0) is 14.4. The van der Waals surface area contributed by atoms with E-state index < -0.39 is 5.97 Å². The molecule has 2 N–H and O–H groups in total. The molecule has 0 saturated carbocycles. The van der Waals surface area contributed by atoms with Crippen LogP contribution >= 0.6 is 11.8 Å². The number of carbonyl (C=O) groups excluding carboxylic acids is 1. The predicted molar refractivity (Wildman–Crippen MR) is 76.9 cm³/mol. The van der Waals surface area contributed by atoms with Crippen LogP contribution in [0.1, 0.15) is 29.8 Å². The highest BCUT2D eigenvalue weighted by Gasteiger charge is 2.16. The maximum absolute atomic E-state index is 11.8. The Bertz CT molecular complexity index is 469. The van der Waals surface area contributed by atoms with E-state index in [0.29, 0.717) is 25.4 Å². The third-order valence-electron chi connectivity index (χ3n) is 3.36. The molecule has 0 spiro atoms. The lowest BCUT2D eigenvalue weighted by Crippen LogP contribution is -2.29. The summed E-state index contributed by atoms with van der Waals surface area (Å²) in [7, 11) is 0. The maximum atomic E-state index is 11.8. The fourth-order valence-corrected chi connectivity index (χ4v) is 3.41. The summed E-state index contributed by atoms with van der Waals surface area (Å²) in [6, 6.07) is 0. The van der Waals surface area contributed by atoms with Gasteiger partial charge in [0.05, 0.1) is 6.33 Å². The van der Waals surface area contributed by atoms with Gasteiger partial charge in [0, 0.05) is 25.7 Å². The SMILES string of the molecule is O=C(CC1CCSCC1)NCCn1cnc(C(=O)O)c1. The summed E-state index contributed by atoms with van der Waals surface area (Å²) in [6.45, 7) is 1.03. The molecular weight excluding hydrogens is 278 g/mol. The van der Waals surface area contributed by atoms with E-state index in [4.69, 9.17) is 5.11 Å². The maximum Gasteiger partial charge on any atom is 0.356 e. The molecule has 1 aromatic heterocycles. The molecule has 20 heavy (non-hydrogen) atoms. The molecule has 1 amide bonds. The number of carbonyl (C=O) groups is 2. The molecule has 7 heteroatoms. The number of thioether (sulfide) groups is 1. The van der Waals surface area contributed by atoms with Gasteiger partial charge in [0.15, 0.2) is 5.69 Å². The molecule has 1 aliphatic rings. The molecule has 1 aliphatic heterocycles. The Hall–Kier alpha value is -1.50. The van der Waals surface area contributed by atoms with E-state index in [0.717, 1.165) is 24.3 Å². The van der Waals surface area contributed by atoms with Crippen molar-refractivity contribution in [3.8, 4) is 0 Å². The number of amides is 1. The van der Waals surface area contributed by atoms with Crippen LogP contribution < -0.4 is 5.32 Å². The molecule has 0 radical (unpaired) electrons. The Labute approximate surface area is 122 Å². The van der Waals surface area contributed by atoms with Crippen LogP contribution in [-0.2, 0) is 11.3 Å². The molecule has 110 valence electrons. The first-order valence-electron chi connectivity index (χ1n) is 6.74. The van der Waals surface area contributed by atoms with Gasteiger partial charge in [0.2, 0.25) is 5.91 Å². The van der Waals surface area contributed by atoms with Crippen LogP contribution in [0.15, 0.2) is 12.5 Å². The van der Waals surface area contributed by atoms with E-state index in [1.165, 1.54) is 12.5 Å². The van der Waals surface area contributed by atoms with Crippen molar-refractivity contribution in [2.75, 3.05) is 18.1 Å². The summed E-state index contributed by atoms with van der Waals surface area (Å²) in [6.07, 6.45) is 5.79. The lowest BCUT2D eigenvalue weighted by Gasteiger charge is -2.20. The summed E-state index contributed by atoms with van der Waals surface area (Å²) in [4.78, 5) is 26.2. The number of imidazole rings is 1. The van der Waals surface area contributed by atoms with Gasteiger partial charge >= 0.3 is 5.97 Å². The Morgan fingerprint density at radius 2 is 2.20 bits per heavy atom. The van der Waals surface area contributed by atoms with Gasteiger partial charge in [-0.1, -0.05) is 0 Å². The molecule has 1 aromatic rings. The standard InChI is InChI=1S/C13H19N3O3S/c17-12(7-10-1-5-20-6-2-10)14-3-4-16-8-11(13(18)19)15-9-16/h8-10H,1-7H2,(H,14,17)(H,18,19). The van der Waals surface area contributed by atoms with E-state index in [-0.39, 0.29) is 11.6 Å². The lowest BCUT2D eigenvalue weighted by atomic mass is 9.98. The minimum atomic E-state index is -1.04. The van der Waals surface area contributed by atoms with Crippen molar-refractivity contribution in [3.63, 3.8) is 0 Å². The number of carboxylic acids is 1. The molecule has 0 aromatic carbocycles. The van der Waals surface area contributed by atoms with Crippen molar-refractivity contribution < 1.29 is 14.7 Å². The van der Waals surface area contributed by atoms with Crippen molar-refractivity contribution in [2.45, 2.75) is 25.8 Å². The third-order valence-corrected chi connectivity index (χ3v) is 4.41. The summed E-state index contributed by atoms with van der Waals surface area (Å²) >= 11 is 1.96. The average Bonchev–Trinajstić information content (AvgIpc) is 2.89. The number of hydrogen-bond acceptors (Lipinski definition) is 4. The molecule has 0 bridgehead atoms. The van der Waals surface area contributed by atoms with E-state index >= 15 is 0 Å². The Kier molecular flexibility index (Phi) is 5.46. The molecule has 2 heterocycles. The molecular formula is C13H19N3O3S. The van der Waals surface area contributed by atoms with E-state index in [2.05, 4.69) is 10.3 Å². The normalized spacial score (nSPS) is 16.0. The second-order valence-electron chi connectivity index (χ2n) is 4.91. The van der Waals surface area contributed by atoms with Crippen molar-refractivity contribution in [1.29, 1.82) is 0 Å². The van der Waals surface area contributed by atoms with Crippen molar-refractivity contribution in [3.05, 3.63) is 18.2 Å². The molecule has 1 saturated heterocycles. The Morgan fingerprint density at radius 3 is 2.85 bits per heavy atom. The van der Waals surface area contributed by atoms with Crippen molar-refractivity contribution >= 4 is 23.6 Å². The minimum Gasteiger partial charge on any atom is -0.476 e. The summed E-state index contributed by atoms with van der Waals surface area (Å²) < 4.78 is 1.67. The highest BCUT2D eigenvalue weighted by molar-refractivity contribution is 7.99. The van der Waals surface area contributed by atoms with Crippen molar-refractivity contribution in [1.82, 2.24) is 14.9 Å². The van der Waals surface area contributed by atoms with Crippen LogP contribution in [0.2, 0.25) is 0 Å². The van der Waals surface area contributed by atoms with Gasteiger partial charge in [0.1, 0.15) is 0 Å². The molecule has 1 fully saturated rings. The second kappa shape index (κ2) is 7.33. The number of aromatic nitrogens is 2. The predicted octanol–water partition coefficient (Wildman–Crippen LogP) is 1.23. The second-order valence-corrected chi connectivity index (χ2v) is 6.14. The van der Waals surface area contributed by atoms with Crippen LogP contribution in [0.4, 0.5) is 0 Å². The van der Waals surface area contributed by atoms with E-state index in [9.17, 15) is 9.59 Å². The molecule has 6 nitrogen and oxygen atoms in total. The smallest absolute Gasteiger partial charge is 0.356 e. The van der Waals surface area contributed by atoms with Crippen LogP contribution in [0.25, 0.3) is 0 Å². The van der Waals surface area contributed by atoms with Crippen LogP contribution in [-0.4, -0.2) is 44.6 Å². The third kappa shape index (κ3) is 4.56. The quantitative estimate of drug-likeness (QED) is 0.825. The minimum absolute atomic E-state index is 0.0241. The average molecular weight is 297 g/mol. The number of hydrogen-bond donors (Lipinski definition) is 2. The van der Waals surface area contributed by atoms with E-state index in [1.54, 1.807) is 4.57 Å². The van der Waals surface area contributed by atoms with Crippen molar-refractivity contribution in [2.24, 2.45) is 5.92 Å². The highest BCUT2D eigenvalue weighted by Crippen LogP contribution is 2.24. The van der Waals surface area contributed by atoms with Gasteiger partial charge < -0.3 is 15.0 Å². The lowest BCUT2D eigenvalue weighted by molar-refractivity contribution is -0.122. The Morgan fingerprint density at radius 1 is 1.45 bits per heavy atom. The monoisotopic (exact) mass is 297 g/mol. The fourth-order valence-electron chi connectivity index (χ4n) is 2.20. The molecule has 0 atom stereocenters. The van der Waals surface area contributed by atoms with Gasteiger partial charge in [-0.25, -0.2) is 9.78 Å². The number of aromatic carboxylic acids is 1. The van der Waals surface area contributed by atoms with Gasteiger partial charge in [-0.05, 0) is 30.3 Å². The topological polar surface area (TPSA) is 84.2 Å². The summed E-state index contributed by atoms with van der Waals surface area (Å²) in [5, 5.41) is 11.6. The van der Waals surface area contributed by atoms with Gasteiger partial charge in [-0.3, -0.25) is 4.79 Å². The summed E-state index contributed by atoms with van der Waals surface area (Å²) in [5.74, 6) is 1.88. The zero-order valence-electron chi connectivity index (χ0n) is 11.2. The van der Waals surface area contributed by atoms with Crippen LogP contribution in [0.3, 0.4) is 0 Å². The molecule has 0 aliphatic carbocycles. The van der Waals surface area contributed by atoms with E-state index in [1.807, 2.05) is 11.8 Å².